The first-order chi connectivity index (χ1) is 9.88. The van der Waals surface area contributed by atoms with E-state index < -0.39 is 11.9 Å². The molecule has 1 aromatic heterocycles. The quantitative estimate of drug-likeness (QED) is 0.799. The molecule has 2 rings (SSSR count). The van der Waals surface area contributed by atoms with Crippen molar-refractivity contribution in [3.8, 4) is 0 Å². The maximum atomic E-state index is 11.6. The van der Waals surface area contributed by atoms with Crippen LogP contribution in [0.3, 0.4) is 0 Å². The molecule has 0 saturated heterocycles. The van der Waals surface area contributed by atoms with Crippen molar-refractivity contribution in [2.75, 3.05) is 5.32 Å². The van der Waals surface area contributed by atoms with Crippen LogP contribution in [0.4, 0.5) is 11.5 Å². The summed E-state index contributed by atoms with van der Waals surface area (Å²) in [5, 5.41) is 11.9. The fourth-order valence-electron chi connectivity index (χ4n) is 2.10. The molecular formula is C15H15N3O3. The first-order valence-corrected chi connectivity index (χ1v) is 6.27. The lowest BCUT2D eigenvalue weighted by molar-refractivity contribution is 0.0696. The molecule has 0 bridgehead atoms. The maximum absolute atomic E-state index is 11.6. The highest BCUT2D eigenvalue weighted by molar-refractivity contribution is 6.00. The largest absolute Gasteiger partial charge is 0.478 e. The number of pyridine rings is 1. The molecule has 1 aromatic carbocycles. The van der Waals surface area contributed by atoms with Crippen LogP contribution in [0, 0.1) is 13.8 Å². The highest BCUT2D eigenvalue weighted by Crippen LogP contribution is 2.23. The van der Waals surface area contributed by atoms with Gasteiger partial charge in [-0.2, -0.15) is 0 Å². The van der Waals surface area contributed by atoms with Gasteiger partial charge in [-0.15, -0.1) is 0 Å². The predicted octanol–water partition coefficient (Wildman–Crippen LogP) is 2.24. The van der Waals surface area contributed by atoms with E-state index in [0.29, 0.717) is 22.6 Å². The summed E-state index contributed by atoms with van der Waals surface area (Å²) >= 11 is 0. The first kappa shape index (κ1) is 14.5. The van der Waals surface area contributed by atoms with Gasteiger partial charge >= 0.3 is 5.97 Å². The Hall–Kier alpha value is -2.89. The fourth-order valence-corrected chi connectivity index (χ4v) is 2.10. The van der Waals surface area contributed by atoms with Gasteiger partial charge in [-0.25, -0.2) is 9.78 Å². The van der Waals surface area contributed by atoms with Gasteiger partial charge in [-0.05, 0) is 43.7 Å². The van der Waals surface area contributed by atoms with E-state index >= 15 is 0 Å². The Morgan fingerprint density at radius 3 is 2.57 bits per heavy atom. The minimum atomic E-state index is -1.03. The van der Waals surface area contributed by atoms with Crippen LogP contribution in [0.1, 0.15) is 32.0 Å². The number of carboxylic acids is 1. The highest BCUT2D eigenvalue weighted by atomic mass is 16.4. The number of hydrogen-bond acceptors (Lipinski definition) is 4. The molecule has 0 fully saturated rings. The summed E-state index contributed by atoms with van der Waals surface area (Å²) in [6.45, 7) is 3.57. The molecule has 1 amide bonds. The molecule has 108 valence electrons. The molecule has 0 unspecified atom stereocenters. The zero-order valence-electron chi connectivity index (χ0n) is 11.7. The highest BCUT2D eigenvalue weighted by Gasteiger charge is 2.14. The van der Waals surface area contributed by atoms with Crippen LogP contribution in [-0.4, -0.2) is 22.0 Å². The topological polar surface area (TPSA) is 105 Å². The molecule has 21 heavy (non-hydrogen) atoms. The number of carbonyl (C=O) groups excluding carboxylic acids is 1. The average Bonchev–Trinajstić information content (AvgIpc) is 2.37. The third-order valence-electron chi connectivity index (χ3n) is 2.96. The third-order valence-corrected chi connectivity index (χ3v) is 2.96. The van der Waals surface area contributed by atoms with Crippen molar-refractivity contribution in [1.29, 1.82) is 0 Å². The van der Waals surface area contributed by atoms with E-state index in [1.807, 2.05) is 0 Å². The van der Waals surface area contributed by atoms with Crippen molar-refractivity contribution in [2.24, 2.45) is 5.73 Å². The van der Waals surface area contributed by atoms with Gasteiger partial charge in [0.2, 0.25) is 0 Å². The maximum Gasteiger partial charge on any atom is 0.335 e. The fraction of sp³-hybridized carbons (Fsp3) is 0.133. The van der Waals surface area contributed by atoms with Gasteiger partial charge in [-0.3, -0.25) is 4.79 Å². The van der Waals surface area contributed by atoms with Gasteiger partial charge in [0.05, 0.1) is 11.1 Å². The van der Waals surface area contributed by atoms with Gasteiger partial charge in [0, 0.05) is 11.4 Å². The number of anilines is 2. The number of nitrogens with zero attached hydrogens (tertiary/aromatic N) is 1. The van der Waals surface area contributed by atoms with E-state index in [0.717, 1.165) is 5.69 Å². The molecule has 0 spiro atoms. The minimum absolute atomic E-state index is 0.144. The molecule has 0 aliphatic rings. The Morgan fingerprint density at radius 2 is 1.95 bits per heavy atom. The van der Waals surface area contributed by atoms with Crippen LogP contribution in [0.25, 0.3) is 0 Å². The summed E-state index contributed by atoms with van der Waals surface area (Å²) in [6.07, 6.45) is 0. The van der Waals surface area contributed by atoms with Gasteiger partial charge < -0.3 is 16.2 Å². The minimum Gasteiger partial charge on any atom is -0.478 e. The molecule has 6 heteroatoms. The molecule has 0 atom stereocenters. The molecule has 0 aliphatic carbocycles. The predicted molar refractivity (Wildman–Crippen MR) is 78.9 cm³/mol. The second-order valence-electron chi connectivity index (χ2n) is 4.68. The smallest absolute Gasteiger partial charge is 0.335 e. The number of benzene rings is 1. The van der Waals surface area contributed by atoms with Crippen LogP contribution < -0.4 is 11.1 Å². The summed E-state index contributed by atoms with van der Waals surface area (Å²) in [6, 6.07) is 8.01. The number of carboxylic acid groups (broad SMARTS) is 1. The molecule has 4 N–H and O–H groups in total. The summed E-state index contributed by atoms with van der Waals surface area (Å²) in [4.78, 5) is 26.8. The van der Waals surface area contributed by atoms with Gasteiger partial charge in [-0.1, -0.05) is 6.07 Å². The number of primary amides is 1. The van der Waals surface area contributed by atoms with Crippen LogP contribution in [0.2, 0.25) is 0 Å². The van der Waals surface area contributed by atoms with E-state index in [9.17, 15) is 9.59 Å². The van der Waals surface area contributed by atoms with Gasteiger partial charge in [0.1, 0.15) is 5.82 Å². The number of amides is 1. The van der Waals surface area contributed by atoms with Crippen LogP contribution >= 0.6 is 0 Å². The lowest BCUT2D eigenvalue weighted by Crippen LogP contribution is -2.16. The van der Waals surface area contributed by atoms with Crippen LogP contribution in [0.5, 0.6) is 0 Å². The number of nitrogens with two attached hydrogens (primary N) is 1. The average molecular weight is 285 g/mol. The number of nitrogens with one attached hydrogen (secondary N) is 1. The lowest BCUT2D eigenvalue weighted by atomic mass is 10.1. The Balaban J connectivity index is 2.46. The zero-order chi connectivity index (χ0) is 15.6. The number of aryl methyl sites for hydroxylation is 2. The molecule has 0 aliphatic heterocycles. The van der Waals surface area contributed by atoms with Crippen molar-refractivity contribution in [1.82, 2.24) is 4.98 Å². The molecule has 1 heterocycles. The summed E-state index contributed by atoms with van der Waals surface area (Å²) < 4.78 is 0. The Bertz CT molecular complexity index is 726. The number of aromatic nitrogens is 1. The van der Waals surface area contributed by atoms with E-state index in [-0.39, 0.29) is 5.56 Å². The molecule has 2 aromatic rings. The van der Waals surface area contributed by atoms with Crippen molar-refractivity contribution >= 4 is 23.4 Å². The number of aromatic carboxylic acids is 1. The number of carbonyl (C=O) groups is 2. The van der Waals surface area contributed by atoms with Crippen molar-refractivity contribution in [3.05, 3.63) is 52.7 Å². The number of rotatable bonds is 4. The van der Waals surface area contributed by atoms with Crippen molar-refractivity contribution in [2.45, 2.75) is 13.8 Å². The summed E-state index contributed by atoms with van der Waals surface area (Å²) in [5.41, 5.74) is 7.79. The molecule has 0 saturated carbocycles. The molecule has 0 radical (unpaired) electrons. The standard InChI is InChI=1S/C15H15N3O3/c1-8-6-9(2)17-14(12(8)13(16)19)18-11-5-3-4-10(7-11)15(20)21/h3-7H,1-2H3,(H2,16,19)(H,17,18)(H,20,21). The van der Waals surface area contributed by atoms with E-state index in [1.165, 1.54) is 12.1 Å². The molecule has 6 nitrogen and oxygen atoms in total. The van der Waals surface area contributed by atoms with Crippen LogP contribution in [0.15, 0.2) is 30.3 Å². The van der Waals surface area contributed by atoms with Crippen molar-refractivity contribution < 1.29 is 14.7 Å². The lowest BCUT2D eigenvalue weighted by Gasteiger charge is -2.12. The third kappa shape index (κ3) is 3.17. The second kappa shape index (κ2) is 5.62. The SMILES string of the molecule is Cc1cc(C)c(C(N)=O)c(Nc2cccc(C(=O)O)c2)n1. The van der Waals surface area contributed by atoms with E-state index in [1.54, 1.807) is 32.0 Å². The van der Waals surface area contributed by atoms with E-state index in [2.05, 4.69) is 10.3 Å². The van der Waals surface area contributed by atoms with Gasteiger partial charge in [0.15, 0.2) is 0 Å². The van der Waals surface area contributed by atoms with Crippen LogP contribution in [-0.2, 0) is 0 Å². The monoisotopic (exact) mass is 285 g/mol. The Morgan fingerprint density at radius 1 is 1.24 bits per heavy atom. The zero-order valence-corrected chi connectivity index (χ0v) is 11.7. The van der Waals surface area contributed by atoms with Gasteiger partial charge in [0.25, 0.3) is 5.91 Å². The number of hydrogen-bond donors (Lipinski definition) is 3. The van der Waals surface area contributed by atoms with Crippen molar-refractivity contribution in [3.63, 3.8) is 0 Å². The second-order valence-corrected chi connectivity index (χ2v) is 4.68. The first-order valence-electron chi connectivity index (χ1n) is 6.27. The summed E-state index contributed by atoms with van der Waals surface area (Å²) in [7, 11) is 0. The Kier molecular flexibility index (Phi) is 3.89. The summed E-state index contributed by atoms with van der Waals surface area (Å²) in [5.74, 6) is -1.29. The molecular weight excluding hydrogens is 270 g/mol. The normalized spacial score (nSPS) is 10.2. The van der Waals surface area contributed by atoms with E-state index in [4.69, 9.17) is 10.8 Å². The Labute approximate surface area is 121 Å².